The van der Waals surface area contributed by atoms with Crippen LogP contribution in [0.1, 0.15) is 34.6 Å². The first-order valence-electron chi connectivity index (χ1n) is 5.90. The average Bonchev–Trinajstić information content (AvgIpc) is 2.15. The van der Waals surface area contributed by atoms with Crippen molar-refractivity contribution in [2.24, 2.45) is 23.5 Å². The Balaban J connectivity index is 4.42. The van der Waals surface area contributed by atoms with Crippen LogP contribution < -0.4 is 10.5 Å². The van der Waals surface area contributed by atoms with Crippen LogP contribution in [0.4, 0.5) is 0 Å². The van der Waals surface area contributed by atoms with E-state index in [0.717, 1.165) is 0 Å². The van der Waals surface area contributed by atoms with E-state index in [4.69, 9.17) is 5.73 Å². The maximum atomic E-state index is 11.7. The fraction of sp³-hybridized carbons (Fsp3) is 1.00. The highest BCUT2D eigenvalue weighted by Crippen LogP contribution is 2.19. The van der Waals surface area contributed by atoms with Gasteiger partial charge in [-0.15, -0.1) is 0 Å². The second-order valence-corrected chi connectivity index (χ2v) is 7.28. The van der Waals surface area contributed by atoms with E-state index in [-0.39, 0.29) is 6.54 Å². The van der Waals surface area contributed by atoms with Gasteiger partial charge in [-0.25, -0.2) is 13.1 Å². The van der Waals surface area contributed by atoms with E-state index in [0.29, 0.717) is 24.3 Å². The molecule has 0 spiro atoms. The lowest BCUT2D eigenvalue weighted by atomic mass is 9.86. The zero-order valence-electron chi connectivity index (χ0n) is 11.0. The molecule has 1 atom stereocenters. The van der Waals surface area contributed by atoms with Gasteiger partial charge in [-0.1, -0.05) is 27.7 Å². The van der Waals surface area contributed by atoms with Crippen molar-refractivity contribution in [1.82, 2.24) is 4.72 Å². The molecule has 0 saturated heterocycles. The highest BCUT2D eigenvalue weighted by molar-refractivity contribution is 7.90. The van der Waals surface area contributed by atoms with Crippen molar-refractivity contribution < 1.29 is 8.42 Å². The molecule has 1 unspecified atom stereocenters. The van der Waals surface area contributed by atoms with Gasteiger partial charge in [-0.05, 0) is 24.7 Å². The normalized spacial score (nSPS) is 15.1. The van der Waals surface area contributed by atoms with Crippen LogP contribution in [0, 0.1) is 17.8 Å². The Bertz CT molecular complexity index is 278. The molecule has 0 aromatic rings. The molecule has 0 rings (SSSR count). The van der Waals surface area contributed by atoms with Crippen molar-refractivity contribution in [3.05, 3.63) is 0 Å². The van der Waals surface area contributed by atoms with Crippen molar-refractivity contribution in [3.63, 3.8) is 0 Å². The van der Waals surface area contributed by atoms with E-state index in [2.05, 4.69) is 32.4 Å². The van der Waals surface area contributed by atoms with Crippen LogP contribution in [0.2, 0.25) is 0 Å². The van der Waals surface area contributed by atoms with Gasteiger partial charge in [0.15, 0.2) is 0 Å². The van der Waals surface area contributed by atoms with E-state index in [1.165, 1.54) is 0 Å². The molecule has 0 aliphatic heterocycles. The van der Waals surface area contributed by atoms with Crippen LogP contribution in [0.5, 0.6) is 0 Å². The molecule has 0 fully saturated rings. The van der Waals surface area contributed by atoms with Crippen molar-refractivity contribution in [2.45, 2.75) is 39.9 Å². The minimum atomic E-state index is -3.25. The SMILES string of the molecule is CC(C)C(CNS(=O)(=O)C(C)CN)C(C)C. The third-order valence-corrected chi connectivity index (χ3v) is 4.92. The molecule has 16 heavy (non-hydrogen) atoms. The van der Waals surface area contributed by atoms with Crippen molar-refractivity contribution in [1.29, 1.82) is 0 Å². The Labute approximate surface area is 100 Å². The minimum Gasteiger partial charge on any atom is -0.329 e. The molecule has 98 valence electrons. The molecule has 0 radical (unpaired) electrons. The summed E-state index contributed by atoms with van der Waals surface area (Å²) >= 11 is 0. The molecule has 0 bridgehead atoms. The molecule has 3 N–H and O–H groups in total. The molecule has 5 heteroatoms. The first-order chi connectivity index (χ1) is 7.22. The third kappa shape index (κ3) is 4.80. The molecule has 4 nitrogen and oxygen atoms in total. The van der Waals surface area contributed by atoms with Gasteiger partial charge in [0.05, 0.1) is 5.25 Å². The molecule has 0 aromatic carbocycles. The van der Waals surface area contributed by atoms with Gasteiger partial charge in [0, 0.05) is 13.1 Å². The zero-order chi connectivity index (χ0) is 12.9. The maximum absolute atomic E-state index is 11.7. The number of sulfonamides is 1. The monoisotopic (exact) mass is 250 g/mol. The van der Waals surface area contributed by atoms with E-state index in [9.17, 15) is 8.42 Å². The Morgan fingerprint density at radius 2 is 1.50 bits per heavy atom. The molecule has 0 heterocycles. The largest absolute Gasteiger partial charge is 0.329 e. The molecule has 0 aliphatic carbocycles. The zero-order valence-corrected chi connectivity index (χ0v) is 11.8. The molecule has 0 aromatic heterocycles. The lowest BCUT2D eigenvalue weighted by molar-refractivity contribution is 0.289. The third-order valence-electron chi connectivity index (χ3n) is 3.09. The molecule has 0 saturated carbocycles. The van der Waals surface area contributed by atoms with Gasteiger partial charge in [0.2, 0.25) is 10.0 Å². The smallest absolute Gasteiger partial charge is 0.215 e. The lowest BCUT2D eigenvalue weighted by Gasteiger charge is -2.25. The van der Waals surface area contributed by atoms with Gasteiger partial charge < -0.3 is 5.73 Å². The first-order valence-corrected chi connectivity index (χ1v) is 7.45. The summed E-state index contributed by atoms with van der Waals surface area (Å²) in [5.74, 6) is 1.30. The second kappa shape index (κ2) is 6.57. The fourth-order valence-corrected chi connectivity index (χ4v) is 2.69. The summed E-state index contributed by atoms with van der Waals surface area (Å²) in [4.78, 5) is 0. The number of nitrogens with one attached hydrogen (secondary N) is 1. The van der Waals surface area contributed by atoms with E-state index < -0.39 is 15.3 Å². The molecule has 0 amide bonds. The summed E-state index contributed by atoms with van der Waals surface area (Å²) in [5, 5.41) is -0.521. The van der Waals surface area contributed by atoms with Crippen LogP contribution in [-0.2, 0) is 10.0 Å². The van der Waals surface area contributed by atoms with E-state index in [1.54, 1.807) is 6.92 Å². The Kier molecular flexibility index (Phi) is 6.51. The van der Waals surface area contributed by atoms with E-state index >= 15 is 0 Å². The predicted octanol–water partition coefficient (Wildman–Crippen LogP) is 1.18. The van der Waals surface area contributed by atoms with Crippen LogP contribution in [0.15, 0.2) is 0 Å². The first kappa shape index (κ1) is 15.9. The Morgan fingerprint density at radius 3 is 1.81 bits per heavy atom. The van der Waals surface area contributed by atoms with Crippen LogP contribution >= 0.6 is 0 Å². The quantitative estimate of drug-likeness (QED) is 0.712. The Morgan fingerprint density at radius 1 is 1.06 bits per heavy atom. The van der Waals surface area contributed by atoms with Crippen LogP contribution in [0.3, 0.4) is 0 Å². The maximum Gasteiger partial charge on any atom is 0.215 e. The summed E-state index contributed by atoms with van der Waals surface area (Å²) in [6, 6.07) is 0. The molecular formula is C11H26N2O2S. The van der Waals surface area contributed by atoms with Gasteiger partial charge >= 0.3 is 0 Å². The topological polar surface area (TPSA) is 72.2 Å². The lowest BCUT2D eigenvalue weighted by Crippen LogP contribution is -2.41. The number of rotatable bonds is 7. The predicted molar refractivity (Wildman–Crippen MR) is 68.6 cm³/mol. The highest BCUT2D eigenvalue weighted by Gasteiger charge is 2.23. The summed E-state index contributed by atoms with van der Waals surface area (Å²) in [5.41, 5.74) is 5.36. The van der Waals surface area contributed by atoms with Crippen LogP contribution in [-0.4, -0.2) is 26.8 Å². The summed E-state index contributed by atoms with van der Waals surface area (Å²) in [6.07, 6.45) is 0. The standard InChI is InChI=1S/C11H26N2O2S/c1-8(2)11(9(3)4)7-13-16(14,15)10(5)6-12/h8-11,13H,6-7,12H2,1-5H3. The molecular weight excluding hydrogens is 224 g/mol. The number of hydrogen-bond acceptors (Lipinski definition) is 3. The summed E-state index contributed by atoms with van der Waals surface area (Å²) in [7, 11) is -3.25. The van der Waals surface area contributed by atoms with Crippen molar-refractivity contribution in [2.75, 3.05) is 13.1 Å². The van der Waals surface area contributed by atoms with Gasteiger partial charge in [0.1, 0.15) is 0 Å². The Hall–Kier alpha value is -0.130. The fourth-order valence-electron chi connectivity index (χ4n) is 1.72. The summed E-state index contributed by atoms with van der Waals surface area (Å²) in [6.45, 7) is 10.8. The van der Waals surface area contributed by atoms with Crippen LogP contribution in [0.25, 0.3) is 0 Å². The van der Waals surface area contributed by atoms with Crippen molar-refractivity contribution in [3.8, 4) is 0 Å². The minimum absolute atomic E-state index is 0.156. The highest BCUT2D eigenvalue weighted by atomic mass is 32.2. The molecule has 0 aliphatic rings. The van der Waals surface area contributed by atoms with Gasteiger partial charge in [0.25, 0.3) is 0 Å². The van der Waals surface area contributed by atoms with Crippen molar-refractivity contribution >= 4 is 10.0 Å². The van der Waals surface area contributed by atoms with Gasteiger partial charge in [-0.2, -0.15) is 0 Å². The van der Waals surface area contributed by atoms with Gasteiger partial charge in [-0.3, -0.25) is 0 Å². The average molecular weight is 250 g/mol. The van der Waals surface area contributed by atoms with E-state index in [1.807, 2.05) is 0 Å². The second-order valence-electron chi connectivity index (χ2n) is 5.09. The number of hydrogen-bond donors (Lipinski definition) is 2. The number of nitrogens with two attached hydrogens (primary N) is 1. The summed E-state index contributed by atoms with van der Waals surface area (Å²) < 4.78 is 26.1.